The molecule has 5 nitrogen and oxygen atoms in total. The van der Waals surface area contributed by atoms with Crippen LogP contribution in [0.2, 0.25) is 0 Å². The third-order valence-corrected chi connectivity index (χ3v) is 5.20. The minimum atomic E-state index is -0.340. The second kappa shape index (κ2) is 9.45. The molecule has 4 aromatic rings. The number of carbonyl (C=O) groups excluding carboxylic acids is 1. The molecule has 0 aliphatic rings. The van der Waals surface area contributed by atoms with Gasteiger partial charge in [-0.15, -0.1) is 0 Å². The minimum absolute atomic E-state index is 0.0805. The third kappa shape index (κ3) is 5.29. The van der Waals surface area contributed by atoms with E-state index in [-0.39, 0.29) is 11.7 Å². The molecule has 0 spiro atoms. The Morgan fingerprint density at radius 1 is 0.968 bits per heavy atom. The summed E-state index contributed by atoms with van der Waals surface area (Å²) in [6.07, 6.45) is 1.39. The first-order chi connectivity index (χ1) is 15.1. The average molecular weight is 475 g/mol. The summed E-state index contributed by atoms with van der Waals surface area (Å²) in [6.45, 7) is 0.403. The first kappa shape index (κ1) is 20.6. The molecular weight excluding hydrogens is 456 g/mol. The van der Waals surface area contributed by atoms with Crippen LogP contribution in [-0.2, 0) is 6.61 Å². The highest BCUT2D eigenvalue weighted by Gasteiger charge is 2.05. The highest BCUT2D eigenvalue weighted by atomic mass is 79.9. The van der Waals surface area contributed by atoms with E-state index in [0.29, 0.717) is 17.7 Å². The Kier molecular flexibility index (Phi) is 6.29. The number of phenols is 1. The van der Waals surface area contributed by atoms with Crippen LogP contribution in [0.1, 0.15) is 21.5 Å². The maximum Gasteiger partial charge on any atom is 0.271 e. The van der Waals surface area contributed by atoms with Gasteiger partial charge >= 0.3 is 0 Å². The molecule has 0 fully saturated rings. The zero-order valence-corrected chi connectivity index (χ0v) is 18.0. The van der Waals surface area contributed by atoms with Crippen molar-refractivity contribution in [1.29, 1.82) is 0 Å². The number of aromatic hydroxyl groups is 1. The number of ether oxygens (including phenoxy) is 1. The molecule has 154 valence electrons. The van der Waals surface area contributed by atoms with Gasteiger partial charge in [0.2, 0.25) is 0 Å². The van der Waals surface area contributed by atoms with Crippen molar-refractivity contribution >= 4 is 38.8 Å². The van der Waals surface area contributed by atoms with Crippen molar-refractivity contribution in [2.45, 2.75) is 6.61 Å². The van der Waals surface area contributed by atoms with E-state index in [4.69, 9.17) is 4.74 Å². The molecule has 6 heteroatoms. The summed E-state index contributed by atoms with van der Waals surface area (Å²) in [6, 6.07) is 26.2. The van der Waals surface area contributed by atoms with Crippen molar-refractivity contribution in [1.82, 2.24) is 5.43 Å². The number of halogens is 1. The van der Waals surface area contributed by atoms with E-state index in [1.165, 1.54) is 11.6 Å². The fourth-order valence-corrected chi connectivity index (χ4v) is 3.41. The summed E-state index contributed by atoms with van der Waals surface area (Å²) in [5.41, 5.74) is 4.39. The van der Waals surface area contributed by atoms with Crippen LogP contribution >= 0.6 is 15.9 Å². The van der Waals surface area contributed by atoms with E-state index in [1.54, 1.807) is 30.3 Å². The quantitative estimate of drug-likeness (QED) is 0.280. The van der Waals surface area contributed by atoms with Gasteiger partial charge in [-0.25, -0.2) is 5.43 Å². The molecule has 0 saturated heterocycles. The van der Waals surface area contributed by atoms with Crippen LogP contribution in [0.5, 0.6) is 11.5 Å². The number of benzene rings is 4. The smallest absolute Gasteiger partial charge is 0.271 e. The van der Waals surface area contributed by atoms with E-state index in [1.807, 2.05) is 42.5 Å². The summed E-state index contributed by atoms with van der Waals surface area (Å²) in [5, 5.41) is 16.0. The van der Waals surface area contributed by atoms with Crippen LogP contribution in [0.3, 0.4) is 0 Å². The highest BCUT2D eigenvalue weighted by molar-refractivity contribution is 9.10. The lowest BCUT2D eigenvalue weighted by molar-refractivity contribution is 0.0955. The van der Waals surface area contributed by atoms with Crippen LogP contribution in [0, 0.1) is 0 Å². The summed E-state index contributed by atoms with van der Waals surface area (Å²) in [7, 11) is 0. The highest BCUT2D eigenvalue weighted by Crippen LogP contribution is 2.22. The van der Waals surface area contributed by atoms with Crippen LogP contribution in [0.25, 0.3) is 10.8 Å². The summed E-state index contributed by atoms with van der Waals surface area (Å²) >= 11 is 3.33. The standard InChI is InChI=1S/C25H19BrN2O3/c26-22-10-12-24(29)21(13-22)15-27-28-25(30)19-7-5-17(6-8-19)16-31-23-11-9-18-3-1-2-4-20(18)14-23/h1-15,29H,16H2,(H,28,30)/b27-15+. The number of carbonyl (C=O) groups is 1. The van der Waals surface area contributed by atoms with Crippen molar-refractivity contribution < 1.29 is 14.6 Å². The molecule has 4 aromatic carbocycles. The summed E-state index contributed by atoms with van der Waals surface area (Å²) in [4.78, 5) is 12.3. The molecule has 0 bridgehead atoms. The van der Waals surface area contributed by atoms with Gasteiger partial charge in [-0.3, -0.25) is 4.79 Å². The maximum atomic E-state index is 12.3. The number of hydrogen-bond acceptors (Lipinski definition) is 4. The van der Waals surface area contributed by atoms with Gasteiger partial charge < -0.3 is 9.84 Å². The Hall–Kier alpha value is -3.64. The molecule has 4 rings (SSSR count). The first-order valence-corrected chi connectivity index (χ1v) is 10.4. The second-order valence-electron chi connectivity index (χ2n) is 6.90. The first-order valence-electron chi connectivity index (χ1n) is 9.61. The number of phenolic OH excluding ortho intramolecular Hbond substituents is 1. The van der Waals surface area contributed by atoms with Crippen molar-refractivity contribution in [3.63, 3.8) is 0 Å². The lowest BCUT2D eigenvalue weighted by Gasteiger charge is -2.08. The van der Waals surface area contributed by atoms with Gasteiger partial charge in [0.15, 0.2) is 0 Å². The molecule has 0 aliphatic carbocycles. The van der Waals surface area contributed by atoms with Crippen LogP contribution in [0.4, 0.5) is 0 Å². The molecule has 1 amide bonds. The predicted molar refractivity (Wildman–Crippen MR) is 126 cm³/mol. The SMILES string of the molecule is O=C(N/N=C/c1cc(Br)ccc1O)c1ccc(COc2ccc3ccccc3c2)cc1. The molecule has 31 heavy (non-hydrogen) atoms. The Bertz CT molecular complexity index is 1250. The molecule has 0 aliphatic heterocycles. The number of hydrazone groups is 1. The molecule has 0 saturated carbocycles. The third-order valence-electron chi connectivity index (χ3n) is 4.70. The van der Waals surface area contributed by atoms with Crippen LogP contribution in [-0.4, -0.2) is 17.2 Å². The van der Waals surface area contributed by atoms with Gasteiger partial charge in [-0.2, -0.15) is 5.10 Å². The number of fused-ring (bicyclic) bond motifs is 1. The van der Waals surface area contributed by atoms with E-state index in [9.17, 15) is 9.90 Å². The zero-order chi connectivity index (χ0) is 21.6. The summed E-state index contributed by atoms with van der Waals surface area (Å²) < 4.78 is 6.69. The lowest BCUT2D eigenvalue weighted by Crippen LogP contribution is -2.17. The fourth-order valence-electron chi connectivity index (χ4n) is 3.03. The largest absolute Gasteiger partial charge is 0.507 e. The van der Waals surface area contributed by atoms with E-state index in [0.717, 1.165) is 21.2 Å². The lowest BCUT2D eigenvalue weighted by atomic mass is 10.1. The van der Waals surface area contributed by atoms with E-state index < -0.39 is 0 Å². The van der Waals surface area contributed by atoms with Gasteiger partial charge in [-0.1, -0.05) is 58.4 Å². The minimum Gasteiger partial charge on any atom is -0.507 e. The maximum absolute atomic E-state index is 12.3. The number of hydrogen-bond donors (Lipinski definition) is 2. The Labute approximate surface area is 188 Å². The van der Waals surface area contributed by atoms with Crippen LogP contribution < -0.4 is 10.2 Å². The van der Waals surface area contributed by atoms with Gasteiger partial charge in [0.1, 0.15) is 18.1 Å². The molecular formula is C25H19BrN2O3. The predicted octanol–water partition coefficient (Wildman–Crippen LogP) is 5.65. The zero-order valence-electron chi connectivity index (χ0n) is 16.5. The van der Waals surface area contributed by atoms with Crippen molar-refractivity contribution in [2.75, 3.05) is 0 Å². The monoisotopic (exact) mass is 474 g/mol. The molecule has 2 N–H and O–H groups in total. The number of rotatable bonds is 6. The molecule has 0 atom stereocenters. The van der Waals surface area contributed by atoms with Gasteiger partial charge in [-0.05, 0) is 58.8 Å². The van der Waals surface area contributed by atoms with Crippen LogP contribution in [0.15, 0.2) is 94.5 Å². The van der Waals surface area contributed by atoms with Gasteiger partial charge in [0.05, 0.1) is 6.21 Å². The fraction of sp³-hybridized carbons (Fsp3) is 0.0400. The van der Waals surface area contributed by atoms with Crippen molar-refractivity contribution in [2.24, 2.45) is 5.10 Å². The number of nitrogens with one attached hydrogen (secondary N) is 1. The number of nitrogens with zero attached hydrogens (tertiary/aromatic N) is 1. The Morgan fingerprint density at radius 3 is 2.55 bits per heavy atom. The summed E-state index contributed by atoms with van der Waals surface area (Å²) in [5.74, 6) is 0.537. The van der Waals surface area contributed by atoms with Gasteiger partial charge in [0.25, 0.3) is 5.91 Å². The molecule has 0 heterocycles. The Morgan fingerprint density at radius 2 is 1.74 bits per heavy atom. The molecule has 0 unspecified atom stereocenters. The van der Waals surface area contributed by atoms with Crippen molar-refractivity contribution in [3.05, 3.63) is 106 Å². The Balaban J connectivity index is 1.34. The molecule has 0 aromatic heterocycles. The molecule has 0 radical (unpaired) electrons. The van der Waals surface area contributed by atoms with Crippen molar-refractivity contribution in [3.8, 4) is 11.5 Å². The average Bonchev–Trinajstić information content (AvgIpc) is 2.80. The van der Waals surface area contributed by atoms with Gasteiger partial charge in [0, 0.05) is 15.6 Å². The van der Waals surface area contributed by atoms with E-state index >= 15 is 0 Å². The second-order valence-corrected chi connectivity index (χ2v) is 7.81. The number of amides is 1. The normalized spacial score (nSPS) is 11.0. The topological polar surface area (TPSA) is 70.9 Å². The van der Waals surface area contributed by atoms with E-state index in [2.05, 4.69) is 38.6 Å².